The molecule has 0 saturated heterocycles. The monoisotopic (exact) mass is 316 g/mol. The summed E-state index contributed by atoms with van der Waals surface area (Å²) in [5.74, 6) is 0. The van der Waals surface area contributed by atoms with Crippen LogP contribution in [-0.4, -0.2) is 15.5 Å². The lowest BCUT2D eigenvalue weighted by atomic mass is 10.3. The van der Waals surface area contributed by atoms with Crippen LogP contribution in [0, 0.1) is 4.84 Å². The van der Waals surface area contributed by atoms with Gasteiger partial charge in [-0.1, -0.05) is 18.2 Å². The fourth-order valence-electron chi connectivity index (χ4n) is 2.67. The molecule has 0 amide bonds. The van der Waals surface area contributed by atoms with Gasteiger partial charge in [-0.2, -0.15) is 0 Å². The molecule has 0 N–H and O–H groups in total. The predicted octanol–water partition coefficient (Wildman–Crippen LogP) is 4.65. The maximum atomic E-state index is 5.69. The van der Waals surface area contributed by atoms with Crippen LogP contribution in [0.15, 0.2) is 46.2 Å². The van der Waals surface area contributed by atoms with Gasteiger partial charge in [0.15, 0.2) is 5.58 Å². The van der Waals surface area contributed by atoms with Crippen molar-refractivity contribution in [3.8, 4) is 0 Å². The van der Waals surface area contributed by atoms with Crippen LogP contribution < -0.4 is 0 Å². The molecule has 21 heavy (non-hydrogen) atoms. The summed E-state index contributed by atoms with van der Waals surface area (Å²) in [6.07, 6.45) is 2.57. The van der Waals surface area contributed by atoms with E-state index in [0.717, 1.165) is 24.3 Å². The molecule has 1 aromatic carbocycles. The van der Waals surface area contributed by atoms with Gasteiger partial charge in [-0.25, -0.2) is 0 Å². The lowest BCUT2D eigenvalue weighted by Gasteiger charge is -2.21. The molecule has 0 aliphatic heterocycles. The molecule has 0 bridgehead atoms. The number of hydrogen-bond acceptors (Lipinski definition) is 4. The van der Waals surface area contributed by atoms with Crippen LogP contribution in [0.2, 0.25) is 0 Å². The van der Waals surface area contributed by atoms with E-state index in [4.69, 9.17) is 16.6 Å². The highest BCUT2D eigenvalue weighted by atomic mass is 32.1. The highest BCUT2D eigenvalue weighted by Crippen LogP contribution is 2.30. The Hall–Kier alpha value is -1.43. The Balaban J connectivity index is 1.65. The SMILES string of the molecule is S=c1oc2ccccc2n1CN(Cc1cccs1)C1CC1. The molecule has 1 saturated carbocycles. The molecule has 0 spiro atoms. The molecule has 4 rings (SSSR count). The van der Waals surface area contributed by atoms with E-state index in [-0.39, 0.29) is 0 Å². The van der Waals surface area contributed by atoms with E-state index in [9.17, 15) is 0 Å². The molecule has 1 aliphatic carbocycles. The number of nitrogens with zero attached hydrogens (tertiary/aromatic N) is 2. The van der Waals surface area contributed by atoms with Crippen LogP contribution in [0.1, 0.15) is 17.7 Å². The zero-order valence-electron chi connectivity index (χ0n) is 11.6. The molecule has 2 heterocycles. The minimum absolute atomic E-state index is 0.563. The lowest BCUT2D eigenvalue weighted by Crippen LogP contribution is -2.27. The van der Waals surface area contributed by atoms with Gasteiger partial charge in [0.1, 0.15) is 0 Å². The molecular weight excluding hydrogens is 300 g/mol. The number of oxazole rings is 1. The topological polar surface area (TPSA) is 21.3 Å². The Bertz CT molecular complexity index is 799. The third kappa shape index (κ3) is 2.69. The predicted molar refractivity (Wildman–Crippen MR) is 87.9 cm³/mol. The first-order valence-electron chi connectivity index (χ1n) is 7.16. The number of thiophene rings is 1. The van der Waals surface area contributed by atoms with Crippen molar-refractivity contribution in [2.45, 2.75) is 32.1 Å². The highest BCUT2D eigenvalue weighted by Gasteiger charge is 2.29. The summed E-state index contributed by atoms with van der Waals surface area (Å²) in [7, 11) is 0. The van der Waals surface area contributed by atoms with Crippen LogP contribution >= 0.6 is 23.6 Å². The molecule has 0 unspecified atom stereocenters. The number of aromatic nitrogens is 1. The van der Waals surface area contributed by atoms with Gasteiger partial charge >= 0.3 is 0 Å². The number of fused-ring (bicyclic) bond motifs is 1. The zero-order chi connectivity index (χ0) is 14.2. The molecule has 108 valence electrons. The first kappa shape index (κ1) is 13.2. The number of para-hydroxylation sites is 2. The Labute approximate surface area is 132 Å². The summed E-state index contributed by atoms with van der Waals surface area (Å²) in [5, 5.41) is 2.14. The molecule has 5 heteroatoms. The minimum Gasteiger partial charge on any atom is -0.429 e. The molecule has 1 fully saturated rings. The van der Waals surface area contributed by atoms with Gasteiger partial charge in [0.25, 0.3) is 4.84 Å². The summed E-state index contributed by atoms with van der Waals surface area (Å²) >= 11 is 7.21. The van der Waals surface area contributed by atoms with Crippen LogP contribution in [0.25, 0.3) is 11.1 Å². The van der Waals surface area contributed by atoms with E-state index < -0.39 is 0 Å². The molecule has 1 aliphatic rings. The van der Waals surface area contributed by atoms with Crippen molar-refractivity contribution in [2.24, 2.45) is 0 Å². The molecule has 3 nitrogen and oxygen atoms in total. The molecule has 2 aromatic heterocycles. The summed E-state index contributed by atoms with van der Waals surface area (Å²) in [6, 6.07) is 13.1. The van der Waals surface area contributed by atoms with Gasteiger partial charge in [0.05, 0.1) is 12.2 Å². The van der Waals surface area contributed by atoms with E-state index in [0.29, 0.717) is 10.9 Å². The van der Waals surface area contributed by atoms with Crippen molar-refractivity contribution in [3.05, 3.63) is 51.5 Å². The summed E-state index contributed by atoms with van der Waals surface area (Å²) in [6.45, 7) is 1.79. The number of rotatable bonds is 5. The van der Waals surface area contributed by atoms with Crippen molar-refractivity contribution < 1.29 is 4.42 Å². The second-order valence-corrected chi connectivity index (χ2v) is 6.84. The first-order chi connectivity index (χ1) is 10.3. The van der Waals surface area contributed by atoms with Gasteiger partial charge in [-0.15, -0.1) is 11.3 Å². The van der Waals surface area contributed by atoms with Crippen LogP contribution in [0.5, 0.6) is 0 Å². The Kier molecular flexibility index (Phi) is 3.41. The Morgan fingerprint density at radius 1 is 1.24 bits per heavy atom. The van der Waals surface area contributed by atoms with Gasteiger partial charge in [-0.3, -0.25) is 9.47 Å². The second-order valence-electron chi connectivity index (χ2n) is 5.46. The van der Waals surface area contributed by atoms with Crippen LogP contribution in [0.4, 0.5) is 0 Å². The number of hydrogen-bond donors (Lipinski definition) is 0. The largest absolute Gasteiger partial charge is 0.429 e. The van der Waals surface area contributed by atoms with E-state index in [2.05, 4.69) is 33.0 Å². The third-order valence-corrected chi connectivity index (χ3v) is 5.06. The van der Waals surface area contributed by atoms with Gasteiger partial charge in [0.2, 0.25) is 0 Å². The van der Waals surface area contributed by atoms with E-state index in [1.54, 1.807) is 0 Å². The minimum atomic E-state index is 0.563. The quantitative estimate of drug-likeness (QED) is 0.640. The lowest BCUT2D eigenvalue weighted by molar-refractivity contribution is 0.199. The molecule has 3 aromatic rings. The van der Waals surface area contributed by atoms with Crippen LogP contribution in [-0.2, 0) is 13.2 Å². The van der Waals surface area contributed by atoms with E-state index in [1.807, 2.05) is 29.5 Å². The van der Waals surface area contributed by atoms with E-state index >= 15 is 0 Å². The van der Waals surface area contributed by atoms with Gasteiger partial charge in [-0.05, 0) is 48.6 Å². The Morgan fingerprint density at radius 2 is 2.10 bits per heavy atom. The normalized spacial score (nSPS) is 15.1. The zero-order valence-corrected chi connectivity index (χ0v) is 13.2. The average Bonchev–Trinajstić information content (AvgIpc) is 3.12. The molecule has 0 radical (unpaired) electrons. The fourth-order valence-corrected chi connectivity index (χ4v) is 3.64. The highest BCUT2D eigenvalue weighted by molar-refractivity contribution is 7.71. The fraction of sp³-hybridized carbons (Fsp3) is 0.312. The summed E-state index contributed by atoms with van der Waals surface area (Å²) in [5.41, 5.74) is 1.95. The Morgan fingerprint density at radius 3 is 2.86 bits per heavy atom. The summed E-state index contributed by atoms with van der Waals surface area (Å²) < 4.78 is 7.80. The van der Waals surface area contributed by atoms with E-state index in [1.165, 1.54) is 17.7 Å². The van der Waals surface area contributed by atoms with Crippen molar-refractivity contribution in [3.63, 3.8) is 0 Å². The summed E-state index contributed by atoms with van der Waals surface area (Å²) in [4.78, 5) is 4.47. The maximum Gasteiger partial charge on any atom is 0.270 e. The smallest absolute Gasteiger partial charge is 0.270 e. The van der Waals surface area contributed by atoms with Gasteiger partial charge in [0, 0.05) is 17.5 Å². The van der Waals surface area contributed by atoms with Crippen molar-refractivity contribution in [2.75, 3.05) is 0 Å². The van der Waals surface area contributed by atoms with Crippen molar-refractivity contribution in [1.82, 2.24) is 9.47 Å². The molecular formula is C16H16N2OS2. The average molecular weight is 316 g/mol. The first-order valence-corrected chi connectivity index (χ1v) is 8.45. The van der Waals surface area contributed by atoms with Gasteiger partial charge < -0.3 is 4.42 Å². The van der Waals surface area contributed by atoms with Crippen molar-refractivity contribution in [1.29, 1.82) is 0 Å². The van der Waals surface area contributed by atoms with Crippen LogP contribution in [0.3, 0.4) is 0 Å². The van der Waals surface area contributed by atoms with Crippen molar-refractivity contribution >= 4 is 34.7 Å². The second kappa shape index (κ2) is 5.40. The standard InChI is InChI=1S/C16H16N2OS2/c20-16-18(14-5-1-2-6-15(14)19-16)11-17(12-7-8-12)10-13-4-3-9-21-13/h1-6,9,12H,7-8,10-11H2. The molecule has 0 atom stereocenters. The number of benzene rings is 1. The maximum absolute atomic E-state index is 5.69. The third-order valence-electron chi connectivity index (χ3n) is 3.90.